The first-order valence-electron chi connectivity index (χ1n) is 6.46. The van der Waals surface area contributed by atoms with Gasteiger partial charge in [0.25, 0.3) is 0 Å². The normalized spacial score (nSPS) is 34.5. The van der Waals surface area contributed by atoms with Gasteiger partial charge in [-0.2, -0.15) is 0 Å². The van der Waals surface area contributed by atoms with E-state index in [1.165, 1.54) is 38.5 Å². The topological polar surface area (TPSA) is 20.3 Å². The molecule has 1 aliphatic carbocycles. The number of ketones is 1. The lowest BCUT2D eigenvalue weighted by Crippen LogP contribution is -2.52. The smallest absolute Gasteiger partial charge is 0.146 e. The van der Waals surface area contributed by atoms with Gasteiger partial charge < -0.3 is 0 Å². The largest absolute Gasteiger partial charge is 0.298 e. The molecule has 1 heterocycles. The van der Waals surface area contributed by atoms with E-state index in [-0.39, 0.29) is 6.04 Å². The number of rotatable bonds is 2. The molecule has 0 radical (unpaired) electrons. The van der Waals surface area contributed by atoms with Gasteiger partial charge in [-0.3, -0.25) is 9.69 Å². The summed E-state index contributed by atoms with van der Waals surface area (Å²) in [4.78, 5) is 14.0. The second kappa shape index (κ2) is 4.65. The Morgan fingerprint density at radius 1 is 1.20 bits per heavy atom. The van der Waals surface area contributed by atoms with Crippen LogP contribution in [0.3, 0.4) is 0 Å². The van der Waals surface area contributed by atoms with Crippen LogP contribution in [0.1, 0.15) is 52.4 Å². The summed E-state index contributed by atoms with van der Waals surface area (Å²) in [6, 6.07) is 0.863. The standard InChI is InChI=1S/C13H23NO/c1-10(11(2)15)14-9-5-7-12-6-3-4-8-13(12)14/h10,12-13H,3-9H2,1-2H3/t10?,12-,13-/m1/s1. The van der Waals surface area contributed by atoms with Gasteiger partial charge in [-0.25, -0.2) is 0 Å². The number of carbonyl (C=O) groups excluding carboxylic acids is 1. The Hall–Kier alpha value is -0.370. The molecule has 1 saturated heterocycles. The summed E-state index contributed by atoms with van der Waals surface area (Å²) in [5.41, 5.74) is 0. The lowest BCUT2D eigenvalue weighted by Gasteiger charge is -2.46. The van der Waals surface area contributed by atoms with Gasteiger partial charge in [-0.05, 0) is 52.0 Å². The number of fused-ring (bicyclic) bond motifs is 1. The summed E-state index contributed by atoms with van der Waals surface area (Å²) in [5, 5.41) is 0. The Morgan fingerprint density at radius 3 is 2.60 bits per heavy atom. The van der Waals surface area contributed by atoms with Gasteiger partial charge >= 0.3 is 0 Å². The number of likely N-dealkylation sites (tertiary alicyclic amines) is 1. The molecule has 0 spiro atoms. The van der Waals surface area contributed by atoms with Crippen LogP contribution in [0.15, 0.2) is 0 Å². The van der Waals surface area contributed by atoms with E-state index in [1.807, 2.05) is 0 Å². The molecule has 0 amide bonds. The van der Waals surface area contributed by atoms with E-state index in [0.29, 0.717) is 11.8 Å². The van der Waals surface area contributed by atoms with Gasteiger partial charge in [0.1, 0.15) is 5.78 Å². The van der Waals surface area contributed by atoms with Crippen LogP contribution in [0.2, 0.25) is 0 Å². The highest BCUT2D eigenvalue weighted by atomic mass is 16.1. The molecule has 1 aliphatic heterocycles. The summed E-state index contributed by atoms with van der Waals surface area (Å²) in [5.74, 6) is 1.22. The summed E-state index contributed by atoms with van der Waals surface area (Å²) in [6.45, 7) is 4.96. The van der Waals surface area contributed by atoms with Gasteiger partial charge in [-0.1, -0.05) is 12.8 Å². The van der Waals surface area contributed by atoms with E-state index in [2.05, 4.69) is 11.8 Å². The van der Waals surface area contributed by atoms with Crippen LogP contribution in [0.25, 0.3) is 0 Å². The number of nitrogens with zero attached hydrogens (tertiary/aromatic N) is 1. The predicted octanol–water partition coefficient (Wildman–Crippen LogP) is 2.62. The zero-order valence-corrected chi connectivity index (χ0v) is 10.0. The average molecular weight is 209 g/mol. The number of hydrogen-bond donors (Lipinski definition) is 0. The van der Waals surface area contributed by atoms with Gasteiger partial charge in [0.15, 0.2) is 0 Å². The van der Waals surface area contributed by atoms with Crippen molar-refractivity contribution in [3.8, 4) is 0 Å². The fourth-order valence-corrected chi connectivity index (χ4v) is 3.38. The van der Waals surface area contributed by atoms with Crippen LogP contribution in [-0.4, -0.2) is 29.3 Å². The van der Waals surface area contributed by atoms with Crippen LogP contribution in [-0.2, 0) is 4.79 Å². The van der Waals surface area contributed by atoms with Crippen molar-refractivity contribution in [3.05, 3.63) is 0 Å². The Morgan fingerprint density at radius 2 is 1.87 bits per heavy atom. The fraction of sp³-hybridized carbons (Fsp3) is 0.923. The minimum atomic E-state index is 0.149. The first-order chi connectivity index (χ1) is 7.20. The van der Waals surface area contributed by atoms with E-state index in [9.17, 15) is 4.79 Å². The maximum atomic E-state index is 11.5. The fourth-order valence-electron chi connectivity index (χ4n) is 3.38. The maximum absolute atomic E-state index is 11.5. The molecule has 0 aromatic rings. The third-order valence-corrected chi connectivity index (χ3v) is 4.37. The van der Waals surface area contributed by atoms with Crippen molar-refractivity contribution >= 4 is 5.78 Å². The first kappa shape index (κ1) is 11.1. The van der Waals surface area contributed by atoms with E-state index < -0.39 is 0 Å². The second-order valence-electron chi connectivity index (χ2n) is 5.28. The molecule has 0 aromatic carbocycles. The maximum Gasteiger partial charge on any atom is 0.146 e. The second-order valence-corrected chi connectivity index (χ2v) is 5.28. The number of carbonyl (C=O) groups is 1. The molecule has 0 N–H and O–H groups in total. The Balaban J connectivity index is 2.06. The lowest BCUT2D eigenvalue weighted by molar-refractivity contribution is -0.124. The average Bonchev–Trinajstić information content (AvgIpc) is 2.27. The van der Waals surface area contributed by atoms with Crippen molar-refractivity contribution in [2.24, 2.45) is 5.92 Å². The van der Waals surface area contributed by atoms with E-state index in [1.54, 1.807) is 6.92 Å². The van der Waals surface area contributed by atoms with Crippen LogP contribution in [0.5, 0.6) is 0 Å². The van der Waals surface area contributed by atoms with Crippen molar-refractivity contribution in [1.82, 2.24) is 4.90 Å². The molecule has 1 unspecified atom stereocenters. The molecule has 86 valence electrons. The highest BCUT2D eigenvalue weighted by Crippen LogP contribution is 2.36. The van der Waals surface area contributed by atoms with Gasteiger partial charge in [0.2, 0.25) is 0 Å². The van der Waals surface area contributed by atoms with Gasteiger partial charge in [-0.15, -0.1) is 0 Å². The quantitative estimate of drug-likeness (QED) is 0.697. The van der Waals surface area contributed by atoms with Crippen molar-refractivity contribution in [2.45, 2.75) is 64.5 Å². The first-order valence-corrected chi connectivity index (χ1v) is 6.46. The summed E-state index contributed by atoms with van der Waals surface area (Å²) < 4.78 is 0. The van der Waals surface area contributed by atoms with E-state index in [0.717, 1.165) is 12.5 Å². The SMILES string of the molecule is CC(=O)C(C)N1CCC[C@H]2CCCC[C@H]21. The molecule has 1 saturated carbocycles. The highest BCUT2D eigenvalue weighted by Gasteiger charge is 2.36. The summed E-state index contributed by atoms with van der Waals surface area (Å²) >= 11 is 0. The summed E-state index contributed by atoms with van der Waals surface area (Å²) in [6.07, 6.45) is 8.17. The highest BCUT2D eigenvalue weighted by molar-refractivity contribution is 5.81. The molecule has 2 aliphatic rings. The van der Waals surface area contributed by atoms with Crippen molar-refractivity contribution < 1.29 is 4.79 Å². The molecular formula is C13H23NO. The molecule has 2 fully saturated rings. The Bertz CT molecular complexity index is 237. The van der Waals surface area contributed by atoms with Crippen molar-refractivity contribution in [2.75, 3.05) is 6.54 Å². The minimum absolute atomic E-state index is 0.149. The Labute approximate surface area is 93.0 Å². The monoisotopic (exact) mass is 209 g/mol. The molecule has 3 atom stereocenters. The minimum Gasteiger partial charge on any atom is -0.298 e. The van der Waals surface area contributed by atoms with Crippen molar-refractivity contribution in [1.29, 1.82) is 0 Å². The van der Waals surface area contributed by atoms with Crippen LogP contribution >= 0.6 is 0 Å². The molecular weight excluding hydrogens is 186 g/mol. The molecule has 0 bridgehead atoms. The molecule has 0 aromatic heterocycles. The van der Waals surface area contributed by atoms with Crippen LogP contribution in [0.4, 0.5) is 0 Å². The third-order valence-electron chi connectivity index (χ3n) is 4.37. The van der Waals surface area contributed by atoms with Gasteiger partial charge in [0, 0.05) is 6.04 Å². The predicted molar refractivity (Wildman–Crippen MR) is 61.8 cm³/mol. The van der Waals surface area contributed by atoms with Gasteiger partial charge in [0.05, 0.1) is 6.04 Å². The molecule has 2 heteroatoms. The zero-order valence-electron chi connectivity index (χ0n) is 10.0. The van der Waals surface area contributed by atoms with Crippen LogP contribution in [0, 0.1) is 5.92 Å². The molecule has 2 nitrogen and oxygen atoms in total. The molecule has 15 heavy (non-hydrogen) atoms. The zero-order chi connectivity index (χ0) is 10.8. The van der Waals surface area contributed by atoms with Crippen molar-refractivity contribution in [3.63, 3.8) is 0 Å². The number of hydrogen-bond acceptors (Lipinski definition) is 2. The third kappa shape index (κ3) is 2.25. The number of Topliss-reactive ketones (excluding diaryl/α,β-unsaturated/α-hetero) is 1. The van der Waals surface area contributed by atoms with E-state index in [4.69, 9.17) is 0 Å². The van der Waals surface area contributed by atoms with Crippen LogP contribution < -0.4 is 0 Å². The number of piperidine rings is 1. The summed E-state index contributed by atoms with van der Waals surface area (Å²) in [7, 11) is 0. The molecule has 2 rings (SSSR count). The Kier molecular flexibility index (Phi) is 3.45. The lowest BCUT2D eigenvalue weighted by atomic mass is 9.77. The van der Waals surface area contributed by atoms with E-state index >= 15 is 0 Å².